The van der Waals surface area contributed by atoms with E-state index in [1.54, 1.807) is 0 Å². The number of ether oxygens (including phenoxy) is 2. The average Bonchev–Trinajstić information content (AvgIpc) is 3.45. The number of nitrogens with two attached hydrogens (primary N) is 1. The van der Waals surface area contributed by atoms with Crippen molar-refractivity contribution in [1.29, 1.82) is 0 Å². The van der Waals surface area contributed by atoms with Crippen molar-refractivity contribution in [2.45, 2.75) is 30.2 Å². The predicted molar refractivity (Wildman–Crippen MR) is 155 cm³/mol. The highest BCUT2D eigenvalue weighted by atomic mass is 32.2. The highest BCUT2D eigenvalue weighted by Crippen LogP contribution is 2.32. The van der Waals surface area contributed by atoms with Gasteiger partial charge in [-0.1, -0.05) is 23.5 Å². The van der Waals surface area contributed by atoms with E-state index in [0.717, 1.165) is 52.0 Å². The number of piperazine rings is 1. The molecule has 1 atom stereocenters. The zero-order chi connectivity index (χ0) is 35.0. The van der Waals surface area contributed by atoms with Crippen LogP contribution in [0.2, 0.25) is 0 Å². The van der Waals surface area contributed by atoms with Crippen LogP contribution >= 0.6 is 11.3 Å². The van der Waals surface area contributed by atoms with Crippen LogP contribution in [0.1, 0.15) is 16.1 Å². The van der Waals surface area contributed by atoms with Gasteiger partial charge in [-0.05, 0) is 42.0 Å². The summed E-state index contributed by atoms with van der Waals surface area (Å²) in [4.78, 5) is 43.1. The smallest absolute Gasteiger partial charge is 0.406 e. The van der Waals surface area contributed by atoms with Gasteiger partial charge in [0.2, 0.25) is 15.9 Å². The van der Waals surface area contributed by atoms with Crippen LogP contribution in [-0.4, -0.2) is 78.1 Å². The number of amides is 2. The lowest BCUT2D eigenvalue weighted by Crippen LogP contribution is -2.60. The second-order valence-electron chi connectivity index (χ2n) is 9.95. The van der Waals surface area contributed by atoms with Gasteiger partial charge >= 0.3 is 12.7 Å². The number of hydrogen-bond donors (Lipinski definition) is 3. The number of aromatic nitrogens is 3. The molecular formula is C26H21F6N7O7S2. The summed E-state index contributed by atoms with van der Waals surface area (Å²) in [6.07, 6.45) is -9.94. The van der Waals surface area contributed by atoms with E-state index < -0.39 is 62.6 Å². The number of nitrogens with zero attached hydrogens (tertiary/aromatic N) is 4. The number of anilines is 1. The number of thiazole rings is 1. The molecule has 1 fully saturated rings. The lowest BCUT2D eigenvalue weighted by molar-refractivity contribution is -0.275. The largest absolute Gasteiger partial charge is 0.573 e. The maximum atomic E-state index is 13.7. The molecule has 5 rings (SSSR count). The topological polar surface area (TPSA) is 190 Å². The number of aromatic amines is 1. The number of carbonyl (C=O) groups excluding carboxylic acids is 2. The number of H-pyrrole nitrogens is 1. The van der Waals surface area contributed by atoms with Gasteiger partial charge in [0.15, 0.2) is 10.8 Å². The molecule has 4 N–H and O–H groups in total. The summed E-state index contributed by atoms with van der Waals surface area (Å²) in [5.74, 6) is -3.02. The molecular weight excluding hydrogens is 700 g/mol. The van der Waals surface area contributed by atoms with Crippen LogP contribution in [0.3, 0.4) is 0 Å². The Morgan fingerprint density at radius 1 is 0.979 bits per heavy atom. The molecule has 0 saturated carbocycles. The van der Waals surface area contributed by atoms with E-state index in [4.69, 9.17) is 5.73 Å². The predicted octanol–water partition coefficient (Wildman–Crippen LogP) is 2.47. The van der Waals surface area contributed by atoms with Crippen molar-refractivity contribution in [2.75, 3.05) is 24.5 Å². The lowest BCUT2D eigenvalue weighted by Gasteiger charge is -2.39. The molecule has 0 bridgehead atoms. The number of alkyl halides is 6. The molecule has 256 valence electrons. The van der Waals surface area contributed by atoms with E-state index in [9.17, 15) is 49.1 Å². The van der Waals surface area contributed by atoms with E-state index in [1.165, 1.54) is 17.0 Å². The maximum absolute atomic E-state index is 13.7. The Balaban J connectivity index is 1.43. The van der Waals surface area contributed by atoms with Crippen molar-refractivity contribution < 1.29 is 53.8 Å². The first-order valence-corrected chi connectivity index (χ1v) is 15.6. The van der Waals surface area contributed by atoms with Crippen molar-refractivity contribution in [2.24, 2.45) is 5.73 Å². The van der Waals surface area contributed by atoms with Gasteiger partial charge in [-0.25, -0.2) is 18.5 Å². The number of primary amides is 1. The van der Waals surface area contributed by atoms with Crippen LogP contribution in [0, 0.1) is 0 Å². The zero-order valence-corrected chi connectivity index (χ0v) is 25.5. The van der Waals surface area contributed by atoms with Crippen molar-refractivity contribution in [3.05, 3.63) is 70.1 Å². The molecule has 4 aromatic rings. The minimum Gasteiger partial charge on any atom is -0.406 e. The van der Waals surface area contributed by atoms with Crippen LogP contribution < -0.4 is 31.0 Å². The monoisotopic (exact) mass is 721 g/mol. The zero-order valence-electron chi connectivity index (χ0n) is 23.8. The van der Waals surface area contributed by atoms with Crippen molar-refractivity contribution in [3.8, 4) is 11.5 Å². The SMILES string of the molecule is NC(=O)c1n[nH]c(=O)c2sc(N3CCN(S(=O)(=O)c4ccc(OC(F)(F)F)cc4)C(C(=O)NCc4ccc(OC(F)(F)F)cc4)C3)nc12. The van der Waals surface area contributed by atoms with Crippen LogP contribution in [0.15, 0.2) is 58.2 Å². The first-order chi connectivity index (χ1) is 22.4. The van der Waals surface area contributed by atoms with Gasteiger partial charge in [-0.3, -0.25) is 14.4 Å². The van der Waals surface area contributed by atoms with Gasteiger partial charge in [-0.2, -0.15) is 9.40 Å². The lowest BCUT2D eigenvalue weighted by atomic mass is 10.1. The molecule has 2 aromatic carbocycles. The van der Waals surface area contributed by atoms with Crippen LogP contribution in [-0.2, 0) is 21.4 Å². The Bertz CT molecular complexity index is 2000. The summed E-state index contributed by atoms with van der Waals surface area (Å²) in [5, 5.41) is 8.40. The standard InChI is InChI=1S/C26H21F6N7O7S2/c27-25(28,29)45-14-3-1-13(2-4-14)11-34-22(41)17-12-38(24-35-18-19(21(33)40)36-37-23(42)20(18)47-24)9-10-39(17)48(43,44)16-7-5-15(6-8-16)46-26(30,31)32/h1-8,17H,9-12H2,(H2,33,40)(H,34,41)(H,37,42). The van der Waals surface area contributed by atoms with Crippen molar-refractivity contribution in [3.63, 3.8) is 0 Å². The molecule has 14 nitrogen and oxygen atoms in total. The van der Waals surface area contributed by atoms with Gasteiger partial charge in [0.05, 0.1) is 4.90 Å². The minimum atomic E-state index is -5.02. The first kappa shape index (κ1) is 34.4. The van der Waals surface area contributed by atoms with Crippen LogP contribution in [0.25, 0.3) is 10.2 Å². The fourth-order valence-electron chi connectivity index (χ4n) is 4.65. The number of fused-ring (bicyclic) bond motifs is 1. The number of hydrogen-bond acceptors (Lipinski definition) is 11. The van der Waals surface area contributed by atoms with Gasteiger partial charge in [0.25, 0.3) is 11.5 Å². The average molecular weight is 722 g/mol. The Hall–Kier alpha value is -4.96. The summed E-state index contributed by atoms with van der Waals surface area (Å²) in [7, 11) is -4.53. The molecule has 0 spiro atoms. The fraction of sp³-hybridized carbons (Fsp3) is 0.269. The summed E-state index contributed by atoms with van der Waals surface area (Å²) in [6, 6.07) is 6.37. The van der Waals surface area contributed by atoms with Gasteiger partial charge < -0.3 is 25.4 Å². The summed E-state index contributed by atoms with van der Waals surface area (Å²) in [6.45, 7) is -1.03. The molecule has 3 heterocycles. The Kier molecular flexibility index (Phi) is 9.25. The maximum Gasteiger partial charge on any atom is 0.573 e. The van der Waals surface area contributed by atoms with E-state index >= 15 is 0 Å². The molecule has 0 aliphatic carbocycles. The number of rotatable bonds is 9. The van der Waals surface area contributed by atoms with E-state index in [2.05, 4.69) is 30.0 Å². The fourth-order valence-corrected chi connectivity index (χ4v) is 7.21. The van der Waals surface area contributed by atoms with Crippen LogP contribution in [0.4, 0.5) is 31.5 Å². The molecule has 1 saturated heterocycles. The second-order valence-corrected chi connectivity index (χ2v) is 12.8. The van der Waals surface area contributed by atoms with Gasteiger partial charge in [-0.15, -0.1) is 26.3 Å². The number of carbonyl (C=O) groups is 2. The Morgan fingerprint density at radius 2 is 1.56 bits per heavy atom. The second kappa shape index (κ2) is 12.9. The third kappa shape index (κ3) is 7.77. The van der Waals surface area contributed by atoms with Crippen molar-refractivity contribution in [1.82, 2.24) is 24.8 Å². The van der Waals surface area contributed by atoms with E-state index in [1.807, 2.05) is 0 Å². The van der Waals surface area contributed by atoms with E-state index in [0.29, 0.717) is 5.56 Å². The third-order valence-electron chi connectivity index (χ3n) is 6.74. The molecule has 1 aliphatic heterocycles. The molecule has 1 unspecified atom stereocenters. The molecule has 22 heteroatoms. The highest BCUT2D eigenvalue weighted by molar-refractivity contribution is 7.89. The van der Waals surface area contributed by atoms with Gasteiger partial charge in [0, 0.05) is 26.2 Å². The molecule has 0 radical (unpaired) electrons. The molecule has 48 heavy (non-hydrogen) atoms. The number of benzene rings is 2. The normalized spacial score (nSPS) is 16.1. The Labute approximate surface area is 269 Å². The third-order valence-corrected chi connectivity index (χ3v) is 9.78. The molecule has 2 amide bonds. The number of nitrogens with one attached hydrogen (secondary N) is 2. The highest BCUT2D eigenvalue weighted by Gasteiger charge is 2.41. The minimum absolute atomic E-state index is 0.0102. The van der Waals surface area contributed by atoms with Crippen LogP contribution in [0.5, 0.6) is 11.5 Å². The number of sulfonamides is 1. The molecule has 2 aromatic heterocycles. The summed E-state index contributed by atoms with van der Waals surface area (Å²) < 4.78 is 111. The van der Waals surface area contributed by atoms with Crippen molar-refractivity contribution >= 4 is 48.5 Å². The summed E-state index contributed by atoms with van der Waals surface area (Å²) >= 11 is 0.828. The summed E-state index contributed by atoms with van der Waals surface area (Å²) in [5.41, 5.74) is 4.55. The Morgan fingerprint density at radius 3 is 2.12 bits per heavy atom. The number of halogens is 6. The van der Waals surface area contributed by atoms with E-state index in [-0.39, 0.29) is 47.2 Å². The quantitative estimate of drug-likeness (QED) is 0.217. The van der Waals surface area contributed by atoms with Gasteiger partial charge in [0.1, 0.15) is 27.8 Å². The molecule has 1 aliphatic rings. The first-order valence-electron chi connectivity index (χ1n) is 13.4.